The summed E-state index contributed by atoms with van der Waals surface area (Å²) in [5, 5.41) is 8.00. The van der Waals surface area contributed by atoms with Crippen molar-refractivity contribution in [2.45, 2.75) is 30.4 Å². The van der Waals surface area contributed by atoms with Crippen LogP contribution in [0.2, 0.25) is 0 Å². The van der Waals surface area contributed by atoms with E-state index in [1.807, 2.05) is 0 Å². The van der Waals surface area contributed by atoms with Crippen LogP contribution in [0.3, 0.4) is 0 Å². The van der Waals surface area contributed by atoms with Crippen molar-refractivity contribution in [3.8, 4) is 6.07 Å². The Hall–Kier alpha value is -1.82. The van der Waals surface area contributed by atoms with Crippen LogP contribution < -0.4 is 4.31 Å². The third kappa shape index (κ3) is 2.26. The lowest BCUT2D eigenvalue weighted by Crippen LogP contribution is -2.37. The van der Waals surface area contributed by atoms with Crippen molar-refractivity contribution in [1.29, 1.82) is 5.26 Å². The molecule has 0 radical (unpaired) electrons. The van der Waals surface area contributed by atoms with Gasteiger partial charge in [0.2, 0.25) is 10.0 Å². The van der Waals surface area contributed by atoms with E-state index < -0.39 is 44.7 Å². The summed E-state index contributed by atoms with van der Waals surface area (Å²) < 4.78 is 80.1. The maximum absolute atomic E-state index is 14.0. The quantitative estimate of drug-likeness (QED) is 0.710. The van der Waals surface area contributed by atoms with Crippen LogP contribution in [0.15, 0.2) is 18.2 Å². The first-order valence-electron chi connectivity index (χ1n) is 7.91. The molecular formula is C16H14F4N2O2S. The Morgan fingerprint density at radius 2 is 1.92 bits per heavy atom. The highest BCUT2D eigenvalue weighted by molar-refractivity contribution is 7.93. The van der Waals surface area contributed by atoms with Crippen molar-refractivity contribution in [2.24, 2.45) is 17.8 Å². The lowest BCUT2D eigenvalue weighted by atomic mass is 9.87. The predicted octanol–water partition coefficient (Wildman–Crippen LogP) is 3.09. The molecule has 4 rings (SSSR count). The minimum atomic E-state index is -4.76. The van der Waals surface area contributed by atoms with Gasteiger partial charge in [-0.3, -0.25) is 4.31 Å². The van der Waals surface area contributed by atoms with Crippen LogP contribution in [0, 0.1) is 29.1 Å². The minimum absolute atomic E-state index is 0.0368. The highest BCUT2D eigenvalue weighted by Gasteiger charge is 2.63. The molecule has 5 atom stereocenters. The number of benzene rings is 1. The molecule has 2 saturated carbocycles. The van der Waals surface area contributed by atoms with Crippen LogP contribution in [0.25, 0.3) is 0 Å². The van der Waals surface area contributed by atoms with Crippen LogP contribution in [0.4, 0.5) is 23.2 Å². The van der Waals surface area contributed by atoms with Gasteiger partial charge >= 0.3 is 6.18 Å². The van der Waals surface area contributed by atoms with Gasteiger partial charge in [0.15, 0.2) is 0 Å². The molecule has 9 heteroatoms. The molecule has 0 spiro atoms. The van der Waals surface area contributed by atoms with Crippen LogP contribution in [-0.2, 0) is 16.2 Å². The SMILES string of the molecule is N#Cc1ccc(N2C[C@@H]3[C@H]4C[C@@H]([C@@H]3S2(=O)=O)[C@H](F)C4)cc1C(F)(F)F. The van der Waals surface area contributed by atoms with Crippen molar-refractivity contribution in [3.05, 3.63) is 29.3 Å². The first kappa shape index (κ1) is 16.6. The minimum Gasteiger partial charge on any atom is -0.270 e. The van der Waals surface area contributed by atoms with Crippen LogP contribution in [0.5, 0.6) is 0 Å². The Kier molecular flexibility index (Phi) is 3.39. The highest BCUT2D eigenvalue weighted by atomic mass is 32.2. The van der Waals surface area contributed by atoms with E-state index in [1.165, 1.54) is 12.1 Å². The molecule has 1 aromatic rings. The van der Waals surface area contributed by atoms with E-state index in [0.29, 0.717) is 18.9 Å². The summed E-state index contributed by atoms with van der Waals surface area (Å²) in [5.41, 5.74) is -1.83. The second-order valence-electron chi connectivity index (χ2n) is 6.96. The number of hydrogen-bond acceptors (Lipinski definition) is 3. The Morgan fingerprint density at radius 3 is 2.56 bits per heavy atom. The fourth-order valence-corrected chi connectivity index (χ4v) is 7.30. The smallest absolute Gasteiger partial charge is 0.270 e. The van der Waals surface area contributed by atoms with Crippen molar-refractivity contribution < 1.29 is 26.0 Å². The Labute approximate surface area is 142 Å². The van der Waals surface area contributed by atoms with Gasteiger partial charge in [-0.25, -0.2) is 12.8 Å². The molecule has 2 bridgehead atoms. The molecule has 0 amide bonds. The lowest BCUT2D eigenvalue weighted by Gasteiger charge is -2.24. The largest absolute Gasteiger partial charge is 0.417 e. The van der Waals surface area contributed by atoms with Crippen LogP contribution >= 0.6 is 0 Å². The monoisotopic (exact) mass is 374 g/mol. The number of halogens is 4. The second kappa shape index (κ2) is 5.10. The van der Waals surface area contributed by atoms with Gasteiger partial charge in [0.05, 0.1) is 28.1 Å². The number of hydrogen-bond donors (Lipinski definition) is 0. The van der Waals surface area contributed by atoms with Gasteiger partial charge in [-0.15, -0.1) is 0 Å². The van der Waals surface area contributed by atoms with E-state index in [2.05, 4.69) is 0 Å². The van der Waals surface area contributed by atoms with Crippen LogP contribution in [0.1, 0.15) is 24.0 Å². The molecule has 25 heavy (non-hydrogen) atoms. The van der Waals surface area contributed by atoms with Crippen molar-refractivity contribution in [2.75, 3.05) is 10.8 Å². The van der Waals surface area contributed by atoms with Gasteiger partial charge in [-0.1, -0.05) is 0 Å². The summed E-state index contributed by atoms with van der Waals surface area (Å²) in [6.07, 6.45) is -5.06. The number of anilines is 1. The molecule has 0 unspecified atom stereocenters. The standard InChI is InChI=1S/C16H14F4N2O2S/c17-14-4-9-3-11(14)15-12(9)7-22(25(15,23)24)10-2-1-8(6-21)13(5-10)16(18,19)20/h1-2,5,9,11-12,14-15H,3-4,7H2/t9-,11+,12+,14+,15-/m0/s1. The Bertz CT molecular complexity index is 877. The number of nitriles is 1. The molecule has 3 fully saturated rings. The number of nitrogens with zero attached hydrogens (tertiary/aromatic N) is 2. The number of sulfonamides is 1. The zero-order valence-corrected chi connectivity index (χ0v) is 13.7. The second-order valence-corrected chi connectivity index (χ2v) is 8.97. The third-order valence-corrected chi connectivity index (χ3v) is 8.12. The molecular weight excluding hydrogens is 360 g/mol. The fraction of sp³-hybridized carbons (Fsp3) is 0.562. The molecule has 3 aliphatic rings. The number of fused-ring (bicyclic) bond motifs is 5. The van der Waals surface area contributed by atoms with E-state index in [0.717, 1.165) is 10.4 Å². The van der Waals surface area contributed by atoms with Gasteiger partial charge in [-0.05, 0) is 42.9 Å². The topological polar surface area (TPSA) is 61.2 Å². The summed E-state index contributed by atoms with van der Waals surface area (Å²) in [7, 11) is -3.92. The van der Waals surface area contributed by atoms with E-state index in [1.54, 1.807) is 0 Å². The molecule has 1 saturated heterocycles. The molecule has 0 aromatic heterocycles. The van der Waals surface area contributed by atoms with Crippen LogP contribution in [-0.4, -0.2) is 26.4 Å². The highest BCUT2D eigenvalue weighted by Crippen LogP contribution is 2.56. The number of alkyl halides is 4. The molecule has 134 valence electrons. The predicted molar refractivity (Wildman–Crippen MR) is 80.8 cm³/mol. The number of rotatable bonds is 1. The average Bonchev–Trinajstić information content (AvgIpc) is 3.15. The maximum atomic E-state index is 14.0. The average molecular weight is 374 g/mol. The molecule has 1 aromatic carbocycles. The lowest BCUT2D eigenvalue weighted by molar-refractivity contribution is -0.137. The van der Waals surface area contributed by atoms with Gasteiger partial charge in [-0.2, -0.15) is 18.4 Å². The molecule has 1 heterocycles. The van der Waals surface area contributed by atoms with Gasteiger partial charge in [0.25, 0.3) is 0 Å². The van der Waals surface area contributed by atoms with Crippen molar-refractivity contribution in [3.63, 3.8) is 0 Å². The third-order valence-electron chi connectivity index (χ3n) is 5.76. The molecule has 0 N–H and O–H groups in total. The summed E-state index contributed by atoms with van der Waals surface area (Å²) in [4.78, 5) is 0. The normalized spacial score (nSPS) is 35.6. The van der Waals surface area contributed by atoms with E-state index in [-0.39, 0.29) is 24.1 Å². The fourth-order valence-electron chi connectivity index (χ4n) is 4.74. The summed E-state index contributed by atoms with van der Waals surface area (Å²) in [5.74, 6) is -0.845. The Morgan fingerprint density at radius 1 is 1.20 bits per heavy atom. The van der Waals surface area contributed by atoms with Gasteiger partial charge in [0, 0.05) is 12.5 Å². The Balaban J connectivity index is 1.76. The van der Waals surface area contributed by atoms with E-state index >= 15 is 0 Å². The molecule has 4 nitrogen and oxygen atoms in total. The summed E-state index contributed by atoms with van der Waals surface area (Å²) in [6, 6.07) is 4.36. The first-order chi connectivity index (χ1) is 11.6. The van der Waals surface area contributed by atoms with Crippen molar-refractivity contribution >= 4 is 15.7 Å². The van der Waals surface area contributed by atoms with Gasteiger partial charge < -0.3 is 0 Å². The maximum Gasteiger partial charge on any atom is 0.417 e. The zero-order chi connectivity index (χ0) is 18.1. The molecule has 2 aliphatic carbocycles. The zero-order valence-electron chi connectivity index (χ0n) is 12.9. The molecule has 1 aliphatic heterocycles. The summed E-state index contributed by atoms with van der Waals surface area (Å²) >= 11 is 0. The van der Waals surface area contributed by atoms with Gasteiger partial charge in [0.1, 0.15) is 6.17 Å². The van der Waals surface area contributed by atoms with E-state index in [4.69, 9.17) is 5.26 Å². The van der Waals surface area contributed by atoms with E-state index in [9.17, 15) is 26.0 Å². The summed E-state index contributed by atoms with van der Waals surface area (Å²) in [6.45, 7) is 0.0735. The van der Waals surface area contributed by atoms with Crippen molar-refractivity contribution in [1.82, 2.24) is 0 Å². The first-order valence-corrected chi connectivity index (χ1v) is 9.42.